The second kappa shape index (κ2) is 2.43. The lowest BCUT2D eigenvalue weighted by Crippen LogP contribution is -2.16. The molecule has 0 aromatic rings. The number of hydrogen-bond acceptors (Lipinski definition) is 4. The first-order chi connectivity index (χ1) is 4.55. The van der Waals surface area contributed by atoms with Gasteiger partial charge in [-0.05, 0) is 0 Å². The number of nitrogens with zero attached hydrogens (tertiary/aromatic N) is 2. The van der Waals surface area contributed by atoms with Gasteiger partial charge in [0.1, 0.15) is 15.9 Å². The van der Waals surface area contributed by atoms with Crippen molar-refractivity contribution in [3.8, 4) is 0 Å². The molecule has 0 fully saturated rings. The van der Waals surface area contributed by atoms with Crippen molar-refractivity contribution < 1.29 is 0 Å². The standard InChI is InChI=1S/C6H10N2S2/c1-4-7(2)5(9)6(10)8(4)3/h9-10H,1H2,2-3H3. The van der Waals surface area contributed by atoms with E-state index in [1.807, 2.05) is 23.9 Å². The van der Waals surface area contributed by atoms with E-state index in [0.717, 1.165) is 15.9 Å². The van der Waals surface area contributed by atoms with Crippen LogP contribution in [0, 0.1) is 0 Å². The van der Waals surface area contributed by atoms with Gasteiger partial charge in [-0.2, -0.15) is 0 Å². The number of thiol groups is 2. The Morgan fingerprint density at radius 3 is 1.50 bits per heavy atom. The highest BCUT2D eigenvalue weighted by atomic mass is 32.1. The van der Waals surface area contributed by atoms with Gasteiger partial charge < -0.3 is 9.80 Å². The van der Waals surface area contributed by atoms with Crippen LogP contribution in [-0.2, 0) is 0 Å². The lowest BCUT2D eigenvalue weighted by atomic mass is 10.7. The quantitative estimate of drug-likeness (QED) is 0.535. The Kier molecular flexibility index (Phi) is 1.92. The van der Waals surface area contributed by atoms with Crippen molar-refractivity contribution in [3.05, 3.63) is 22.5 Å². The molecule has 0 spiro atoms. The molecule has 56 valence electrons. The Morgan fingerprint density at radius 2 is 1.40 bits per heavy atom. The first-order valence-corrected chi connectivity index (χ1v) is 3.73. The summed E-state index contributed by atoms with van der Waals surface area (Å²) in [5, 5.41) is 1.69. The van der Waals surface area contributed by atoms with Gasteiger partial charge in [0.2, 0.25) is 0 Å². The van der Waals surface area contributed by atoms with Crippen LogP contribution in [0.5, 0.6) is 0 Å². The Morgan fingerprint density at radius 1 is 1.10 bits per heavy atom. The molecule has 0 bridgehead atoms. The third-order valence-electron chi connectivity index (χ3n) is 1.61. The van der Waals surface area contributed by atoms with Crippen molar-refractivity contribution in [1.82, 2.24) is 9.80 Å². The third-order valence-corrected chi connectivity index (χ3v) is 2.81. The Balaban J connectivity index is 2.99. The van der Waals surface area contributed by atoms with E-state index in [-0.39, 0.29) is 0 Å². The van der Waals surface area contributed by atoms with Crippen LogP contribution in [0.15, 0.2) is 22.5 Å². The smallest absolute Gasteiger partial charge is 0.106 e. The van der Waals surface area contributed by atoms with Crippen molar-refractivity contribution in [3.63, 3.8) is 0 Å². The fraction of sp³-hybridized carbons (Fsp3) is 0.333. The van der Waals surface area contributed by atoms with Gasteiger partial charge in [-0.1, -0.05) is 6.58 Å². The lowest BCUT2D eigenvalue weighted by Gasteiger charge is -2.17. The summed E-state index contributed by atoms with van der Waals surface area (Å²) in [5.41, 5.74) is 0. The number of rotatable bonds is 0. The molecule has 0 aromatic heterocycles. The molecule has 1 aliphatic rings. The molecular weight excluding hydrogens is 164 g/mol. The first kappa shape index (κ1) is 7.88. The SMILES string of the molecule is C=C1N(C)C(S)=C(S)N1C. The van der Waals surface area contributed by atoms with Crippen molar-refractivity contribution in [2.45, 2.75) is 0 Å². The van der Waals surface area contributed by atoms with Crippen molar-refractivity contribution in [1.29, 1.82) is 0 Å². The topological polar surface area (TPSA) is 6.48 Å². The van der Waals surface area contributed by atoms with E-state index in [2.05, 4.69) is 31.8 Å². The fourth-order valence-corrected chi connectivity index (χ4v) is 1.30. The average molecular weight is 174 g/mol. The lowest BCUT2D eigenvalue weighted by molar-refractivity contribution is 0.444. The first-order valence-electron chi connectivity index (χ1n) is 2.84. The molecule has 0 unspecified atom stereocenters. The highest BCUT2D eigenvalue weighted by Crippen LogP contribution is 2.31. The van der Waals surface area contributed by atoms with Gasteiger partial charge in [-0.15, -0.1) is 25.3 Å². The molecule has 0 saturated heterocycles. The van der Waals surface area contributed by atoms with Gasteiger partial charge in [0.25, 0.3) is 0 Å². The molecule has 0 radical (unpaired) electrons. The Bertz CT molecular complexity index is 190. The van der Waals surface area contributed by atoms with Gasteiger partial charge >= 0.3 is 0 Å². The van der Waals surface area contributed by atoms with E-state index in [9.17, 15) is 0 Å². The summed E-state index contributed by atoms with van der Waals surface area (Å²) >= 11 is 8.46. The molecule has 2 nitrogen and oxygen atoms in total. The maximum Gasteiger partial charge on any atom is 0.106 e. The van der Waals surface area contributed by atoms with Crippen molar-refractivity contribution in [2.24, 2.45) is 0 Å². The highest BCUT2D eigenvalue weighted by Gasteiger charge is 2.22. The summed E-state index contributed by atoms with van der Waals surface area (Å²) in [6.45, 7) is 3.83. The molecule has 1 aliphatic heterocycles. The minimum Gasteiger partial charge on any atom is -0.324 e. The Labute approximate surface area is 72.0 Å². The zero-order valence-electron chi connectivity index (χ0n) is 6.00. The third kappa shape index (κ3) is 0.914. The maximum absolute atomic E-state index is 4.23. The molecule has 0 aromatic carbocycles. The van der Waals surface area contributed by atoms with Crippen LogP contribution in [0.3, 0.4) is 0 Å². The van der Waals surface area contributed by atoms with Gasteiger partial charge in [0, 0.05) is 14.1 Å². The van der Waals surface area contributed by atoms with Crippen LogP contribution >= 0.6 is 25.3 Å². The van der Waals surface area contributed by atoms with E-state index in [4.69, 9.17) is 0 Å². The molecule has 0 saturated carbocycles. The number of hydrogen-bond donors (Lipinski definition) is 2. The second-order valence-electron chi connectivity index (χ2n) is 2.18. The van der Waals surface area contributed by atoms with E-state index in [1.54, 1.807) is 0 Å². The summed E-state index contributed by atoms with van der Waals surface area (Å²) in [6, 6.07) is 0. The van der Waals surface area contributed by atoms with E-state index in [1.165, 1.54) is 0 Å². The van der Waals surface area contributed by atoms with E-state index in [0.29, 0.717) is 0 Å². The Hall–Kier alpha value is -0.220. The zero-order valence-corrected chi connectivity index (χ0v) is 7.78. The van der Waals surface area contributed by atoms with Crippen LogP contribution < -0.4 is 0 Å². The summed E-state index contributed by atoms with van der Waals surface area (Å²) < 4.78 is 0. The zero-order chi connectivity index (χ0) is 7.89. The van der Waals surface area contributed by atoms with Gasteiger partial charge in [0.15, 0.2) is 0 Å². The van der Waals surface area contributed by atoms with Gasteiger partial charge in [-0.25, -0.2) is 0 Å². The maximum atomic E-state index is 4.23. The molecule has 0 amide bonds. The average Bonchev–Trinajstić information content (AvgIpc) is 2.07. The molecule has 1 rings (SSSR count). The van der Waals surface area contributed by atoms with Crippen LogP contribution in [0.1, 0.15) is 0 Å². The summed E-state index contributed by atoms with van der Waals surface area (Å²) in [7, 11) is 3.81. The van der Waals surface area contributed by atoms with Crippen LogP contribution in [-0.4, -0.2) is 23.9 Å². The predicted molar refractivity (Wildman–Crippen MR) is 49.7 cm³/mol. The minimum absolute atomic E-state index is 0.843. The van der Waals surface area contributed by atoms with Crippen LogP contribution in [0.25, 0.3) is 0 Å². The second-order valence-corrected chi connectivity index (χ2v) is 3.03. The summed E-state index contributed by atoms with van der Waals surface area (Å²) in [6.07, 6.45) is 0. The summed E-state index contributed by atoms with van der Waals surface area (Å²) in [5.74, 6) is 0.898. The molecule has 10 heavy (non-hydrogen) atoms. The van der Waals surface area contributed by atoms with Crippen LogP contribution in [0.2, 0.25) is 0 Å². The summed E-state index contributed by atoms with van der Waals surface area (Å²) in [4.78, 5) is 3.76. The van der Waals surface area contributed by atoms with Gasteiger partial charge in [0.05, 0.1) is 0 Å². The van der Waals surface area contributed by atoms with Crippen molar-refractivity contribution in [2.75, 3.05) is 14.1 Å². The highest BCUT2D eigenvalue weighted by molar-refractivity contribution is 7.88. The minimum atomic E-state index is 0.843. The largest absolute Gasteiger partial charge is 0.324 e. The van der Waals surface area contributed by atoms with E-state index >= 15 is 0 Å². The fourth-order valence-electron chi connectivity index (χ4n) is 0.769. The molecule has 4 heteroatoms. The normalized spacial score (nSPS) is 19.4. The van der Waals surface area contributed by atoms with Crippen molar-refractivity contribution >= 4 is 25.3 Å². The molecular formula is C6H10N2S2. The van der Waals surface area contributed by atoms with E-state index < -0.39 is 0 Å². The molecule has 0 aliphatic carbocycles. The molecule has 0 atom stereocenters. The monoisotopic (exact) mass is 174 g/mol. The molecule has 0 N–H and O–H groups in total. The predicted octanol–water partition coefficient (Wildman–Crippen LogP) is 1.32. The van der Waals surface area contributed by atoms with Crippen LogP contribution in [0.4, 0.5) is 0 Å². The van der Waals surface area contributed by atoms with Gasteiger partial charge in [-0.3, -0.25) is 0 Å². The molecule has 1 heterocycles.